The summed E-state index contributed by atoms with van der Waals surface area (Å²) in [4.78, 5) is 14.8. The zero-order valence-corrected chi connectivity index (χ0v) is 16.1. The molecule has 0 bridgehead atoms. The zero-order chi connectivity index (χ0) is 19.4. The van der Waals surface area contributed by atoms with Gasteiger partial charge in [0.2, 0.25) is 0 Å². The number of hydrogen-bond acceptors (Lipinski definition) is 3. The van der Waals surface area contributed by atoms with Crippen LogP contribution in [0.3, 0.4) is 0 Å². The van der Waals surface area contributed by atoms with Gasteiger partial charge in [-0.25, -0.2) is 4.79 Å². The van der Waals surface area contributed by atoms with Crippen LogP contribution in [0, 0.1) is 25.2 Å². The Labute approximate surface area is 160 Å². The molecular formula is C22H25N3O2. The van der Waals surface area contributed by atoms with Crippen molar-refractivity contribution in [2.75, 3.05) is 19.0 Å². The molecule has 1 aliphatic heterocycles. The lowest BCUT2D eigenvalue weighted by Crippen LogP contribution is -2.35. The predicted octanol–water partition coefficient (Wildman–Crippen LogP) is 4.69. The summed E-state index contributed by atoms with van der Waals surface area (Å²) in [7, 11) is 1.60. The van der Waals surface area contributed by atoms with Crippen molar-refractivity contribution in [1.29, 1.82) is 5.26 Å². The standard InChI is InChI=1S/C22H25N3O2/c1-15-6-4-7-16(2)21(15)20-8-5-11-25(20)22(26)24-19-10-9-17(14-27-3)18(12-19)13-23/h4,6-7,9-10,12,20H,5,8,11,14H2,1-3H3,(H,24,26). The minimum atomic E-state index is -0.122. The van der Waals surface area contributed by atoms with Crippen molar-refractivity contribution in [3.63, 3.8) is 0 Å². The van der Waals surface area contributed by atoms with Gasteiger partial charge < -0.3 is 15.0 Å². The van der Waals surface area contributed by atoms with E-state index in [1.54, 1.807) is 13.2 Å². The van der Waals surface area contributed by atoms with Crippen LogP contribution in [-0.2, 0) is 11.3 Å². The third kappa shape index (κ3) is 3.96. The molecule has 1 atom stereocenters. The molecule has 0 saturated carbocycles. The monoisotopic (exact) mass is 363 g/mol. The molecule has 1 saturated heterocycles. The molecule has 5 heteroatoms. The Hall–Kier alpha value is -2.84. The normalized spacial score (nSPS) is 16.2. The first-order valence-corrected chi connectivity index (χ1v) is 9.21. The fraction of sp³-hybridized carbons (Fsp3) is 0.364. The van der Waals surface area contributed by atoms with Crippen LogP contribution in [0.25, 0.3) is 0 Å². The van der Waals surface area contributed by atoms with Crippen molar-refractivity contribution in [3.05, 3.63) is 64.2 Å². The average molecular weight is 363 g/mol. The van der Waals surface area contributed by atoms with Crippen LogP contribution < -0.4 is 5.32 Å². The SMILES string of the molecule is COCc1ccc(NC(=O)N2CCCC2c2c(C)cccc2C)cc1C#N. The molecule has 1 aliphatic rings. The maximum absolute atomic E-state index is 12.9. The minimum absolute atomic E-state index is 0.0920. The summed E-state index contributed by atoms with van der Waals surface area (Å²) in [6, 6.07) is 13.7. The molecule has 0 radical (unpaired) electrons. The largest absolute Gasteiger partial charge is 0.380 e. The van der Waals surface area contributed by atoms with Gasteiger partial charge in [-0.05, 0) is 61.1 Å². The van der Waals surface area contributed by atoms with Crippen LogP contribution in [0.5, 0.6) is 0 Å². The molecule has 0 spiro atoms. The van der Waals surface area contributed by atoms with Gasteiger partial charge in [0.25, 0.3) is 0 Å². The number of methoxy groups -OCH3 is 1. The van der Waals surface area contributed by atoms with E-state index in [1.165, 1.54) is 16.7 Å². The van der Waals surface area contributed by atoms with Crippen LogP contribution in [0.4, 0.5) is 10.5 Å². The number of rotatable bonds is 4. The Balaban J connectivity index is 1.81. The van der Waals surface area contributed by atoms with Crippen molar-refractivity contribution >= 4 is 11.7 Å². The molecule has 0 aromatic heterocycles. The average Bonchev–Trinajstić information content (AvgIpc) is 3.12. The number of aryl methyl sites for hydroxylation is 2. The Morgan fingerprint density at radius 2 is 2.04 bits per heavy atom. The van der Waals surface area contributed by atoms with E-state index in [9.17, 15) is 10.1 Å². The molecule has 5 nitrogen and oxygen atoms in total. The lowest BCUT2D eigenvalue weighted by atomic mass is 9.94. The second kappa shape index (κ2) is 8.24. The number of carbonyl (C=O) groups is 1. The minimum Gasteiger partial charge on any atom is -0.380 e. The Kier molecular flexibility index (Phi) is 5.78. The van der Waals surface area contributed by atoms with E-state index in [4.69, 9.17) is 4.74 Å². The smallest absolute Gasteiger partial charge is 0.322 e. The molecule has 1 unspecified atom stereocenters. The van der Waals surface area contributed by atoms with Crippen molar-refractivity contribution < 1.29 is 9.53 Å². The fourth-order valence-electron chi connectivity index (χ4n) is 3.90. The highest BCUT2D eigenvalue weighted by Crippen LogP contribution is 2.36. The van der Waals surface area contributed by atoms with Gasteiger partial charge in [-0.2, -0.15) is 5.26 Å². The number of nitriles is 1. The Bertz CT molecular complexity index is 865. The summed E-state index contributed by atoms with van der Waals surface area (Å²) in [5.41, 5.74) is 5.64. The van der Waals surface area contributed by atoms with Crippen molar-refractivity contribution in [2.24, 2.45) is 0 Å². The number of nitrogens with zero attached hydrogens (tertiary/aromatic N) is 2. The predicted molar refractivity (Wildman–Crippen MR) is 105 cm³/mol. The second-order valence-electron chi connectivity index (χ2n) is 7.00. The van der Waals surface area contributed by atoms with Crippen LogP contribution >= 0.6 is 0 Å². The van der Waals surface area contributed by atoms with Gasteiger partial charge in [-0.1, -0.05) is 24.3 Å². The summed E-state index contributed by atoms with van der Waals surface area (Å²) >= 11 is 0. The van der Waals surface area contributed by atoms with Gasteiger partial charge in [-0.3, -0.25) is 0 Å². The zero-order valence-electron chi connectivity index (χ0n) is 16.1. The van der Waals surface area contributed by atoms with Gasteiger partial charge in [0, 0.05) is 19.3 Å². The summed E-state index contributed by atoms with van der Waals surface area (Å²) in [6.07, 6.45) is 1.96. The number of ether oxygens (including phenoxy) is 1. The van der Waals surface area contributed by atoms with E-state index < -0.39 is 0 Å². The molecule has 0 aliphatic carbocycles. The molecule has 140 valence electrons. The maximum Gasteiger partial charge on any atom is 0.322 e. The van der Waals surface area contributed by atoms with Crippen LogP contribution in [0.1, 0.15) is 46.7 Å². The number of carbonyl (C=O) groups excluding carboxylic acids is 1. The third-order valence-corrected chi connectivity index (χ3v) is 5.17. The number of hydrogen-bond donors (Lipinski definition) is 1. The number of amides is 2. The summed E-state index contributed by atoms with van der Waals surface area (Å²) in [5, 5.41) is 12.3. The Morgan fingerprint density at radius 3 is 2.70 bits per heavy atom. The highest BCUT2D eigenvalue weighted by Gasteiger charge is 2.31. The van der Waals surface area contributed by atoms with Crippen LogP contribution in [-0.4, -0.2) is 24.6 Å². The van der Waals surface area contributed by atoms with E-state index >= 15 is 0 Å². The molecule has 27 heavy (non-hydrogen) atoms. The van der Waals surface area contributed by atoms with Crippen molar-refractivity contribution in [2.45, 2.75) is 39.3 Å². The highest BCUT2D eigenvalue weighted by atomic mass is 16.5. The number of urea groups is 1. The number of likely N-dealkylation sites (tertiary alicyclic amines) is 1. The number of anilines is 1. The first-order valence-electron chi connectivity index (χ1n) is 9.21. The van der Waals surface area contributed by atoms with Crippen LogP contribution in [0.15, 0.2) is 36.4 Å². The second-order valence-corrected chi connectivity index (χ2v) is 7.00. The molecule has 2 aromatic carbocycles. The summed E-state index contributed by atoms with van der Waals surface area (Å²) in [5.74, 6) is 0. The van der Waals surface area contributed by atoms with Crippen LogP contribution in [0.2, 0.25) is 0 Å². The third-order valence-electron chi connectivity index (χ3n) is 5.17. The molecule has 1 N–H and O–H groups in total. The van der Waals surface area contributed by atoms with Gasteiger partial charge in [-0.15, -0.1) is 0 Å². The molecule has 2 amide bonds. The lowest BCUT2D eigenvalue weighted by molar-refractivity contribution is 0.184. The Morgan fingerprint density at radius 1 is 1.30 bits per heavy atom. The lowest BCUT2D eigenvalue weighted by Gasteiger charge is -2.28. The van der Waals surface area contributed by atoms with E-state index in [0.717, 1.165) is 24.9 Å². The number of nitrogens with one attached hydrogen (secondary N) is 1. The molecule has 1 heterocycles. The molecule has 1 fully saturated rings. The van der Waals surface area contributed by atoms with Crippen molar-refractivity contribution in [3.8, 4) is 6.07 Å². The quantitative estimate of drug-likeness (QED) is 0.857. The molecular weight excluding hydrogens is 338 g/mol. The number of benzene rings is 2. The first kappa shape index (κ1) is 18.9. The summed E-state index contributed by atoms with van der Waals surface area (Å²) < 4.78 is 5.11. The molecule has 3 rings (SSSR count). The van der Waals surface area contributed by atoms with Gasteiger partial charge in [0.15, 0.2) is 0 Å². The summed E-state index contributed by atoms with van der Waals surface area (Å²) in [6.45, 7) is 5.31. The molecule has 2 aromatic rings. The van der Waals surface area contributed by atoms with E-state index in [-0.39, 0.29) is 12.1 Å². The van der Waals surface area contributed by atoms with Crippen molar-refractivity contribution in [1.82, 2.24) is 4.90 Å². The van der Waals surface area contributed by atoms with Gasteiger partial charge >= 0.3 is 6.03 Å². The van der Waals surface area contributed by atoms with E-state index in [0.29, 0.717) is 17.9 Å². The maximum atomic E-state index is 12.9. The fourth-order valence-corrected chi connectivity index (χ4v) is 3.90. The van der Waals surface area contributed by atoms with Gasteiger partial charge in [0.1, 0.15) is 0 Å². The van der Waals surface area contributed by atoms with E-state index in [1.807, 2.05) is 17.0 Å². The topological polar surface area (TPSA) is 65.4 Å². The van der Waals surface area contributed by atoms with Gasteiger partial charge in [0.05, 0.1) is 24.3 Å². The first-order chi connectivity index (χ1) is 13.0. The van der Waals surface area contributed by atoms with E-state index in [2.05, 4.69) is 43.4 Å². The highest BCUT2D eigenvalue weighted by molar-refractivity contribution is 5.90.